The fourth-order valence-electron chi connectivity index (χ4n) is 3.27. The first-order chi connectivity index (χ1) is 12.3. The van der Waals surface area contributed by atoms with E-state index >= 15 is 0 Å². The highest BCUT2D eigenvalue weighted by Gasteiger charge is 2.25. The molecule has 1 atom stereocenters. The average molecular weight is 338 g/mol. The zero-order valence-electron chi connectivity index (χ0n) is 14.8. The Bertz CT molecular complexity index is 702. The van der Waals surface area contributed by atoms with Gasteiger partial charge in [-0.25, -0.2) is 9.97 Å². The zero-order chi connectivity index (χ0) is 17.1. The number of rotatable bonds is 7. The van der Waals surface area contributed by atoms with Crippen molar-refractivity contribution in [2.24, 2.45) is 0 Å². The third-order valence-electron chi connectivity index (χ3n) is 4.97. The molecule has 1 aromatic heterocycles. The maximum atomic E-state index is 6.03. The van der Waals surface area contributed by atoms with Crippen LogP contribution in [0.2, 0.25) is 0 Å². The van der Waals surface area contributed by atoms with E-state index in [1.54, 1.807) is 0 Å². The lowest BCUT2D eigenvalue weighted by molar-refractivity contribution is 0.183. The third-order valence-corrected chi connectivity index (χ3v) is 4.97. The summed E-state index contributed by atoms with van der Waals surface area (Å²) < 4.78 is 6.03. The van der Waals surface area contributed by atoms with Gasteiger partial charge in [0.15, 0.2) is 0 Å². The summed E-state index contributed by atoms with van der Waals surface area (Å²) >= 11 is 0. The van der Waals surface area contributed by atoms with Crippen molar-refractivity contribution in [3.05, 3.63) is 53.3 Å². The largest absolute Gasteiger partial charge is 0.459 e. The summed E-state index contributed by atoms with van der Waals surface area (Å²) in [4.78, 5) is 11.4. The third kappa shape index (κ3) is 4.55. The van der Waals surface area contributed by atoms with Gasteiger partial charge in [-0.2, -0.15) is 0 Å². The van der Waals surface area contributed by atoms with Crippen LogP contribution in [-0.4, -0.2) is 40.1 Å². The van der Waals surface area contributed by atoms with Crippen LogP contribution >= 0.6 is 0 Å². The molecule has 1 saturated carbocycles. The molecule has 4 rings (SSSR count). The van der Waals surface area contributed by atoms with Gasteiger partial charge in [-0.15, -0.1) is 0 Å². The molecule has 1 saturated heterocycles. The summed E-state index contributed by atoms with van der Waals surface area (Å²) in [6, 6.07) is 11.8. The van der Waals surface area contributed by atoms with Crippen LogP contribution in [0.25, 0.3) is 0 Å². The molecule has 1 N–H and O–H groups in total. The minimum atomic E-state index is 0.179. The maximum Gasteiger partial charge on any atom is 0.316 e. The Kier molecular flexibility index (Phi) is 4.95. The smallest absolute Gasteiger partial charge is 0.316 e. The molecule has 1 unspecified atom stereocenters. The molecule has 132 valence electrons. The van der Waals surface area contributed by atoms with E-state index in [0.29, 0.717) is 12.1 Å². The van der Waals surface area contributed by atoms with E-state index in [1.807, 2.05) is 13.1 Å². The van der Waals surface area contributed by atoms with E-state index in [0.717, 1.165) is 43.9 Å². The summed E-state index contributed by atoms with van der Waals surface area (Å²) in [5, 5.41) is 3.51. The molecule has 5 heteroatoms. The molecule has 0 radical (unpaired) electrons. The first-order valence-corrected chi connectivity index (χ1v) is 9.25. The highest BCUT2D eigenvalue weighted by molar-refractivity contribution is 5.18. The number of aryl methyl sites for hydroxylation is 1. The van der Waals surface area contributed by atoms with Crippen LogP contribution in [0.15, 0.2) is 36.5 Å². The quantitative estimate of drug-likeness (QED) is 0.841. The molecule has 2 aromatic rings. The van der Waals surface area contributed by atoms with Crippen LogP contribution in [-0.2, 0) is 13.1 Å². The van der Waals surface area contributed by atoms with Crippen molar-refractivity contribution in [2.45, 2.75) is 51.4 Å². The number of likely N-dealkylation sites (tertiary alicyclic amines) is 1. The number of aromatic nitrogens is 2. The maximum absolute atomic E-state index is 6.03. The molecule has 0 spiro atoms. The first-order valence-electron chi connectivity index (χ1n) is 9.25. The van der Waals surface area contributed by atoms with E-state index in [2.05, 4.69) is 50.5 Å². The van der Waals surface area contributed by atoms with Crippen molar-refractivity contribution in [2.75, 3.05) is 13.1 Å². The Morgan fingerprint density at radius 3 is 2.80 bits per heavy atom. The van der Waals surface area contributed by atoms with Crippen molar-refractivity contribution in [3.8, 4) is 6.01 Å². The van der Waals surface area contributed by atoms with Crippen LogP contribution in [0.1, 0.15) is 36.1 Å². The Hall–Kier alpha value is -1.98. The van der Waals surface area contributed by atoms with Crippen molar-refractivity contribution in [3.63, 3.8) is 0 Å². The van der Waals surface area contributed by atoms with Crippen molar-refractivity contribution in [1.82, 2.24) is 20.2 Å². The number of ether oxygens (including phenoxy) is 1. The molecule has 0 amide bonds. The number of nitrogens with zero attached hydrogens (tertiary/aromatic N) is 3. The van der Waals surface area contributed by atoms with Crippen LogP contribution in [0.5, 0.6) is 6.01 Å². The van der Waals surface area contributed by atoms with Gasteiger partial charge < -0.3 is 10.1 Å². The number of hydrogen-bond donors (Lipinski definition) is 1. The van der Waals surface area contributed by atoms with Gasteiger partial charge in [0.25, 0.3) is 0 Å². The van der Waals surface area contributed by atoms with E-state index in [-0.39, 0.29) is 6.10 Å². The fraction of sp³-hybridized carbons (Fsp3) is 0.500. The molecular weight excluding hydrogens is 312 g/mol. The highest BCUT2D eigenvalue weighted by atomic mass is 16.5. The van der Waals surface area contributed by atoms with Gasteiger partial charge in [0.2, 0.25) is 0 Å². The van der Waals surface area contributed by atoms with Crippen molar-refractivity contribution >= 4 is 0 Å². The Morgan fingerprint density at radius 1 is 1.20 bits per heavy atom. The average Bonchev–Trinajstić information content (AvgIpc) is 3.35. The predicted molar refractivity (Wildman–Crippen MR) is 97.4 cm³/mol. The second kappa shape index (κ2) is 7.50. The minimum absolute atomic E-state index is 0.179. The lowest BCUT2D eigenvalue weighted by Gasteiger charge is -2.16. The predicted octanol–water partition coefficient (Wildman–Crippen LogP) is 2.69. The first kappa shape index (κ1) is 16.5. The Morgan fingerprint density at radius 2 is 2.04 bits per heavy atom. The molecule has 5 nitrogen and oxygen atoms in total. The fourth-order valence-corrected chi connectivity index (χ4v) is 3.27. The van der Waals surface area contributed by atoms with E-state index in [9.17, 15) is 0 Å². The van der Waals surface area contributed by atoms with E-state index < -0.39 is 0 Å². The lowest BCUT2D eigenvalue weighted by atomic mass is 10.2. The van der Waals surface area contributed by atoms with Gasteiger partial charge >= 0.3 is 6.01 Å². The summed E-state index contributed by atoms with van der Waals surface area (Å²) in [5.41, 5.74) is 3.52. The molecular formula is C20H26N4O. The summed E-state index contributed by atoms with van der Waals surface area (Å²) in [7, 11) is 0. The van der Waals surface area contributed by atoms with Crippen molar-refractivity contribution < 1.29 is 4.74 Å². The number of nitrogens with one attached hydrogen (secondary N) is 1. The molecule has 2 heterocycles. The van der Waals surface area contributed by atoms with Crippen LogP contribution in [0.4, 0.5) is 0 Å². The van der Waals surface area contributed by atoms with Gasteiger partial charge in [-0.1, -0.05) is 30.3 Å². The second-order valence-electron chi connectivity index (χ2n) is 7.17. The molecule has 25 heavy (non-hydrogen) atoms. The molecule has 2 aliphatic rings. The second-order valence-corrected chi connectivity index (χ2v) is 7.17. The summed E-state index contributed by atoms with van der Waals surface area (Å²) in [5.74, 6) is 0. The number of benzene rings is 1. The topological polar surface area (TPSA) is 50.3 Å². The normalized spacial score (nSPS) is 20.8. The Balaban J connectivity index is 1.29. The highest BCUT2D eigenvalue weighted by Crippen LogP contribution is 2.21. The minimum Gasteiger partial charge on any atom is -0.459 e. The Labute approximate surface area is 149 Å². The van der Waals surface area contributed by atoms with Gasteiger partial charge in [-0.3, -0.25) is 4.90 Å². The monoisotopic (exact) mass is 338 g/mol. The van der Waals surface area contributed by atoms with Gasteiger partial charge in [0.1, 0.15) is 6.10 Å². The van der Waals surface area contributed by atoms with Gasteiger partial charge in [0, 0.05) is 49.7 Å². The molecule has 1 aliphatic carbocycles. The van der Waals surface area contributed by atoms with Crippen molar-refractivity contribution in [1.29, 1.82) is 0 Å². The SMILES string of the molecule is Cc1nc(OC2CCN(Cc3ccccc3)C2)ncc1CNC1CC1. The molecule has 0 bridgehead atoms. The summed E-state index contributed by atoms with van der Waals surface area (Å²) in [6.45, 7) is 5.86. The van der Waals surface area contributed by atoms with Crippen LogP contribution in [0, 0.1) is 6.92 Å². The molecule has 1 aliphatic heterocycles. The van der Waals surface area contributed by atoms with Crippen LogP contribution in [0.3, 0.4) is 0 Å². The van der Waals surface area contributed by atoms with Crippen LogP contribution < -0.4 is 10.1 Å². The van der Waals surface area contributed by atoms with E-state index in [1.165, 1.54) is 18.4 Å². The van der Waals surface area contributed by atoms with Gasteiger partial charge in [-0.05, 0) is 31.7 Å². The summed E-state index contributed by atoms with van der Waals surface area (Å²) in [6.07, 6.45) is 5.70. The molecule has 1 aromatic carbocycles. The zero-order valence-corrected chi connectivity index (χ0v) is 14.8. The molecule has 2 fully saturated rings. The lowest BCUT2D eigenvalue weighted by Crippen LogP contribution is -2.25. The number of hydrogen-bond acceptors (Lipinski definition) is 5. The standard InChI is InChI=1S/C20H26N4O/c1-15-17(11-21-18-7-8-18)12-22-20(23-15)25-19-9-10-24(14-19)13-16-5-3-2-4-6-16/h2-6,12,18-19,21H,7-11,13-14H2,1H3. The van der Waals surface area contributed by atoms with Gasteiger partial charge in [0.05, 0.1) is 0 Å². The van der Waals surface area contributed by atoms with E-state index in [4.69, 9.17) is 4.74 Å².